The van der Waals surface area contributed by atoms with Crippen LogP contribution in [-0.4, -0.2) is 18.4 Å². The van der Waals surface area contributed by atoms with Crippen LogP contribution in [0.3, 0.4) is 0 Å². The van der Waals surface area contributed by atoms with Crippen molar-refractivity contribution in [2.24, 2.45) is 0 Å². The van der Waals surface area contributed by atoms with Gasteiger partial charge in [0.15, 0.2) is 0 Å². The fourth-order valence-electron chi connectivity index (χ4n) is 2.09. The lowest BCUT2D eigenvalue weighted by atomic mass is 9.98. The zero-order chi connectivity index (χ0) is 15.8. The molecule has 2 N–H and O–H groups in total. The van der Waals surface area contributed by atoms with Crippen LogP contribution in [0.1, 0.15) is 30.6 Å². The van der Waals surface area contributed by atoms with E-state index >= 15 is 0 Å². The van der Waals surface area contributed by atoms with Crippen LogP contribution in [-0.2, 0) is 16.1 Å². The number of nitrogens with one attached hydrogen (secondary N) is 2. The van der Waals surface area contributed by atoms with E-state index in [1.807, 2.05) is 37.3 Å². The molecule has 5 heteroatoms. The summed E-state index contributed by atoms with van der Waals surface area (Å²) in [7, 11) is 0. The molecule has 0 saturated heterocycles. The average Bonchev–Trinajstić information content (AvgIpc) is 3.05. The SMILES string of the molecule is CC(CC(=O)NCC(=O)NCc1ccco1)c1ccccc1. The third-order valence-corrected chi connectivity index (χ3v) is 3.35. The number of hydrogen-bond donors (Lipinski definition) is 2. The molecule has 1 unspecified atom stereocenters. The zero-order valence-corrected chi connectivity index (χ0v) is 12.5. The number of carbonyl (C=O) groups excluding carboxylic acids is 2. The average molecular weight is 300 g/mol. The van der Waals surface area contributed by atoms with Crippen LogP contribution in [0.5, 0.6) is 0 Å². The van der Waals surface area contributed by atoms with Gasteiger partial charge in [0.1, 0.15) is 5.76 Å². The molecule has 5 nitrogen and oxygen atoms in total. The molecule has 2 rings (SSSR count). The number of benzene rings is 1. The van der Waals surface area contributed by atoms with Crippen molar-refractivity contribution >= 4 is 11.8 Å². The summed E-state index contributed by atoms with van der Waals surface area (Å²) in [6.45, 7) is 2.29. The standard InChI is InChI=1S/C17H20N2O3/c1-13(14-6-3-2-4-7-14)10-16(20)19-12-17(21)18-11-15-8-5-9-22-15/h2-9,13H,10-12H2,1H3,(H,18,21)(H,19,20). The van der Waals surface area contributed by atoms with Crippen molar-refractivity contribution in [2.45, 2.75) is 25.8 Å². The largest absolute Gasteiger partial charge is 0.467 e. The Morgan fingerprint density at radius 2 is 1.82 bits per heavy atom. The van der Waals surface area contributed by atoms with Crippen LogP contribution < -0.4 is 10.6 Å². The molecule has 0 saturated carbocycles. The smallest absolute Gasteiger partial charge is 0.239 e. The Labute approximate surface area is 129 Å². The van der Waals surface area contributed by atoms with Crippen LogP contribution in [0, 0.1) is 0 Å². The second kappa shape index (κ2) is 8.02. The summed E-state index contributed by atoms with van der Waals surface area (Å²) >= 11 is 0. The first-order chi connectivity index (χ1) is 10.6. The predicted molar refractivity (Wildman–Crippen MR) is 83.0 cm³/mol. The molecule has 22 heavy (non-hydrogen) atoms. The van der Waals surface area contributed by atoms with E-state index in [-0.39, 0.29) is 24.3 Å². The van der Waals surface area contributed by atoms with Crippen LogP contribution in [0.15, 0.2) is 53.1 Å². The van der Waals surface area contributed by atoms with Crippen LogP contribution in [0.2, 0.25) is 0 Å². The molecule has 0 aliphatic rings. The van der Waals surface area contributed by atoms with E-state index in [9.17, 15) is 9.59 Å². The Kier molecular flexibility index (Phi) is 5.77. The summed E-state index contributed by atoms with van der Waals surface area (Å²) < 4.78 is 5.11. The number of hydrogen-bond acceptors (Lipinski definition) is 3. The number of furan rings is 1. The molecule has 2 amide bonds. The predicted octanol–water partition coefficient (Wildman–Crippen LogP) is 2.21. The second-order valence-electron chi connectivity index (χ2n) is 5.15. The van der Waals surface area contributed by atoms with Gasteiger partial charge >= 0.3 is 0 Å². The highest BCUT2D eigenvalue weighted by atomic mass is 16.3. The highest BCUT2D eigenvalue weighted by Crippen LogP contribution is 2.17. The summed E-state index contributed by atoms with van der Waals surface area (Å²) in [4.78, 5) is 23.5. The number of carbonyl (C=O) groups is 2. The summed E-state index contributed by atoms with van der Waals surface area (Å²) in [5.41, 5.74) is 1.11. The van der Waals surface area contributed by atoms with E-state index in [0.29, 0.717) is 18.7 Å². The summed E-state index contributed by atoms with van der Waals surface area (Å²) in [6.07, 6.45) is 1.91. The third-order valence-electron chi connectivity index (χ3n) is 3.35. The molecule has 0 aliphatic heterocycles. The number of rotatable bonds is 7. The minimum absolute atomic E-state index is 0.0267. The summed E-state index contributed by atoms with van der Waals surface area (Å²) in [6, 6.07) is 13.4. The zero-order valence-electron chi connectivity index (χ0n) is 12.5. The van der Waals surface area contributed by atoms with Crippen molar-refractivity contribution in [3.05, 3.63) is 60.1 Å². The molecule has 1 atom stereocenters. The Balaban J connectivity index is 1.67. The lowest BCUT2D eigenvalue weighted by Crippen LogP contribution is -2.36. The first kappa shape index (κ1) is 15.8. The summed E-state index contributed by atoms with van der Waals surface area (Å²) in [5, 5.41) is 5.31. The fraction of sp³-hybridized carbons (Fsp3) is 0.294. The monoisotopic (exact) mass is 300 g/mol. The first-order valence-corrected chi connectivity index (χ1v) is 7.26. The molecule has 0 aliphatic carbocycles. The van der Waals surface area contributed by atoms with Gasteiger partial charge in [-0.15, -0.1) is 0 Å². The van der Waals surface area contributed by atoms with E-state index in [1.54, 1.807) is 18.4 Å². The summed E-state index contributed by atoms with van der Waals surface area (Å²) in [5.74, 6) is 0.423. The Hall–Kier alpha value is -2.56. The molecule has 2 aromatic rings. The van der Waals surface area contributed by atoms with Gasteiger partial charge < -0.3 is 15.1 Å². The van der Waals surface area contributed by atoms with Crippen molar-refractivity contribution in [3.63, 3.8) is 0 Å². The molecular formula is C17H20N2O3. The Morgan fingerprint density at radius 3 is 2.50 bits per heavy atom. The van der Waals surface area contributed by atoms with Crippen molar-refractivity contribution in [2.75, 3.05) is 6.54 Å². The number of amides is 2. The van der Waals surface area contributed by atoms with Crippen molar-refractivity contribution in [1.29, 1.82) is 0 Å². The van der Waals surface area contributed by atoms with Gasteiger partial charge in [-0.05, 0) is 23.6 Å². The quantitative estimate of drug-likeness (QED) is 0.823. The van der Waals surface area contributed by atoms with Gasteiger partial charge in [0.2, 0.25) is 11.8 Å². The minimum atomic E-state index is -0.239. The van der Waals surface area contributed by atoms with Crippen LogP contribution in [0.4, 0.5) is 0 Å². The molecule has 1 heterocycles. The van der Waals surface area contributed by atoms with Crippen molar-refractivity contribution in [3.8, 4) is 0 Å². The van der Waals surface area contributed by atoms with Gasteiger partial charge in [0, 0.05) is 6.42 Å². The Morgan fingerprint density at radius 1 is 1.05 bits per heavy atom. The topological polar surface area (TPSA) is 71.3 Å². The van der Waals surface area contributed by atoms with Crippen LogP contribution in [0.25, 0.3) is 0 Å². The van der Waals surface area contributed by atoms with Gasteiger partial charge in [0.05, 0.1) is 19.4 Å². The maximum atomic E-state index is 11.9. The lowest BCUT2D eigenvalue weighted by molar-refractivity contribution is -0.126. The van der Waals surface area contributed by atoms with E-state index in [1.165, 1.54) is 0 Å². The molecule has 0 fully saturated rings. The molecule has 1 aromatic carbocycles. The molecule has 1 aromatic heterocycles. The molecule has 0 spiro atoms. The van der Waals surface area contributed by atoms with Gasteiger partial charge in [-0.25, -0.2) is 0 Å². The first-order valence-electron chi connectivity index (χ1n) is 7.26. The van der Waals surface area contributed by atoms with Gasteiger partial charge in [-0.3, -0.25) is 9.59 Å². The molecule has 0 radical (unpaired) electrons. The van der Waals surface area contributed by atoms with Gasteiger partial charge in [0.25, 0.3) is 0 Å². The van der Waals surface area contributed by atoms with Crippen LogP contribution >= 0.6 is 0 Å². The molecule has 0 bridgehead atoms. The fourth-order valence-corrected chi connectivity index (χ4v) is 2.09. The maximum Gasteiger partial charge on any atom is 0.239 e. The van der Waals surface area contributed by atoms with Gasteiger partial charge in [-0.2, -0.15) is 0 Å². The van der Waals surface area contributed by atoms with Crippen molar-refractivity contribution in [1.82, 2.24) is 10.6 Å². The molecular weight excluding hydrogens is 280 g/mol. The highest BCUT2D eigenvalue weighted by Gasteiger charge is 2.12. The third kappa shape index (κ3) is 5.09. The lowest BCUT2D eigenvalue weighted by Gasteiger charge is -2.12. The minimum Gasteiger partial charge on any atom is -0.467 e. The van der Waals surface area contributed by atoms with Gasteiger partial charge in [-0.1, -0.05) is 37.3 Å². The van der Waals surface area contributed by atoms with E-state index in [0.717, 1.165) is 5.56 Å². The maximum absolute atomic E-state index is 11.9. The molecule has 116 valence electrons. The van der Waals surface area contributed by atoms with E-state index < -0.39 is 0 Å². The van der Waals surface area contributed by atoms with E-state index in [4.69, 9.17) is 4.42 Å². The Bertz CT molecular complexity index is 594. The second-order valence-corrected chi connectivity index (χ2v) is 5.15. The highest BCUT2D eigenvalue weighted by molar-refractivity contribution is 5.84. The van der Waals surface area contributed by atoms with E-state index in [2.05, 4.69) is 10.6 Å². The normalized spacial score (nSPS) is 11.7. The van der Waals surface area contributed by atoms with Crippen molar-refractivity contribution < 1.29 is 14.0 Å².